The lowest BCUT2D eigenvalue weighted by Crippen LogP contribution is -2.49. The van der Waals surface area contributed by atoms with Crippen LogP contribution in [0.25, 0.3) is 0 Å². The number of carbonyl (C=O) groups is 2. The molecule has 3 aliphatic heterocycles. The fourth-order valence-corrected chi connectivity index (χ4v) is 5.28. The SMILES string of the molecule is Cc1ccc2c(c1)S[C@@H](C(=O)N1CCC(N3CCNC3=O)CC1)C2. The van der Waals surface area contributed by atoms with E-state index in [9.17, 15) is 9.59 Å². The average molecular weight is 345 g/mol. The second-order valence-electron chi connectivity index (χ2n) is 6.90. The van der Waals surface area contributed by atoms with Crippen LogP contribution in [0.4, 0.5) is 4.79 Å². The zero-order valence-electron chi connectivity index (χ0n) is 14.0. The van der Waals surface area contributed by atoms with E-state index in [4.69, 9.17) is 0 Å². The van der Waals surface area contributed by atoms with Gasteiger partial charge in [0.15, 0.2) is 0 Å². The van der Waals surface area contributed by atoms with Crippen molar-refractivity contribution < 1.29 is 9.59 Å². The molecule has 1 atom stereocenters. The van der Waals surface area contributed by atoms with Crippen molar-refractivity contribution in [3.8, 4) is 0 Å². The molecule has 1 N–H and O–H groups in total. The second kappa shape index (κ2) is 6.31. The lowest BCUT2D eigenvalue weighted by molar-refractivity contribution is -0.131. The summed E-state index contributed by atoms with van der Waals surface area (Å²) < 4.78 is 0. The Morgan fingerprint density at radius 3 is 2.75 bits per heavy atom. The van der Waals surface area contributed by atoms with Gasteiger partial charge in [-0.15, -0.1) is 11.8 Å². The van der Waals surface area contributed by atoms with Gasteiger partial charge in [-0.2, -0.15) is 0 Å². The second-order valence-corrected chi connectivity index (χ2v) is 8.15. The highest BCUT2D eigenvalue weighted by Crippen LogP contribution is 2.38. The summed E-state index contributed by atoms with van der Waals surface area (Å²) in [5, 5.41) is 2.89. The maximum Gasteiger partial charge on any atom is 0.317 e. The van der Waals surface area contributed by atoms with Gasteiger partial charge in [0, 0.05) is 37.1 Å². The summed E-state index contributed by atoms with van der Waals surface area (Å²) in [5.74, 6) is 0.262. The predicted octanol–water partition coefficient (Wildman–Crippen LogP) is 2.03. The fraction of sp³-hybridized carbons (Fsp3) is 0.556. The van der Waals surface area contributed by atoms with Crippen LogP contribution >= 0.6 is 11.8 Å². The van der Waals surface area contributed by atoms with Gasteiger partial charge in [0.25, 0.3) is 0 Å². The first-order chi connectivity index (χ1) is 11.6. The van der Waals surface area contributed by atoms with E-state index in [1.54, 1.807) is 11.8 Å². The maximum atomic E-state index is 12.9. The van der Waals surface area contributed by atoms with Crippen molar-refractivity contribution in [2.24, 2.45) is 0 Å². The number of urea groups is 1. The minimum atomic E-state index is 0.0217. The van der Waals surface area contributed by atoms with Gasteiger partial charge in [-0.05, 0) is 37.8 Å². The third kappa shape index (κ3) is 2.88. The number of thioether (sulfide) groups is 1. The number of nitrogens with zero attached hydrogens (tertiary/aromatic N) is 2. The molecule has 0 saturated carbocycles. The van der Waals surface area contributed by atoms with Crippen molar-refractivity contribution >= 4 is 23.7 Å². The van der Waals surface area contributed by atoms with E-state index in [0.717, 1.165) is 45.4 Å². The summed E-state index contributed by atoms with van der Waals surface area (Å²) in [6.45, 7) is 5.16. The number of piperidine rings is 1. The minimum Gasteiger partial charge on any atom is -0.342 e. The van der Waals surface area contributed by atoms with E-state index < -0.39 is 0 Å². The molecule has 2 fully saturated rings. The molecule has 0 spiro atoms. The van der Waals surface area contributed by atoms with Crippen molar-refractivity contribution in [1.29, 1.82) is 0 Å². The molecule has 24 heavy (non-hydrogen) atoms. The molecule has 128 valence electrons. The van der Waals surface area contributed by atoms with Crippen LogP contribution in [0.2, 0.25) is 0 Å². The first kappa shape index (κ1) is 15.8. The standard InChI is InChI=1S/C18H23N3O2S/c1-12-2-3-13-11-16(24-15(13)10-12)17(22)20-7-4-14(5-8-20)21-9-6-19-18(21)23/h2-3,10,14,16H,4-9,11H2,1H3,(H,19,23)/t16-/m1/s1. The Morgan fingerprint density at radius 1 is 1.25 bits per heavy atom. The smallest absolute Gasteiger partial charge is 0.317 e. The molecule has 0 bridgehead atoms. The number of amides is 3. The Bertz CT molecular complexity index is 670. The number of nitrogens with one attached hydrogen (secondary N) is 1. The highest BCUT2D eigenvalue weighted by atomic mass is 32.2. The molecule has 1 aromatic carbocycles. The summed E-state index contributed by atoms with van der Waals surface area (Å²) in [6.07, 6.45) is 2.62. The summed E-state index contributed by atoms with van der Waals surface area (Å²) in [5.41, 5.74) is 2.55. The van der Waals surface area contributed by atoms with Crippen LogP contribution in [0.15, 0.2) is 23.1 Å². The zero-order chi connectivity index (χ0) is 16.7. The summed E-state index contributed by atoms with van der Waals surface area (Å²) >= 11 is 1.71. The van der Waals surface area contributed by atoms with E-state index in [0.29, 0.717) is 0 Å². The van der Waals surface area contributed by atoms with E-state index in [-0.39, 0.29) is 23.2 Å². The largest absolute Gasteiger partial charge is 0.342 e. The van der Waals surface area contributed by atoms with E-state index in [2.05, 4.69) is 30.4 Å². The van der Waals surface area contributed by atoms with Crippen LogP contribution in [0.1, 0.15) is 24.0 Å². The average Bonchev–Trinajstić information content (AvgIpc) is 3.20. The maximum absolute atomic E-state index is 12.9. The molecule has 6 heteroatoms. The number of hydrogen-bond donors (Lipinski definition) is 1. The topological polar surface area (TPSA) is 52.7 Å². The first-order valence-electron chi connectivity index (χ1n) is 8.71. The quantitative estimate of drug-likeness (QED) is 0.892. The third-order valence-corrected chi connectivity index (χ3v) is 6.57. The van der Waals surface area contributed by atoms with E-state index in [1.807, 2.05) is 9.80 Å². The Morgan fingerprint density at radius 2 is 2.04 bits per heavy atom. The van der Waals surface area contributed by atoms with Gasteiger partial charge in [0.2, 0.25) is 5.91 Å². The molecule has 0 aliphatic carbocycles. The molecule has 3 heterocycles. The van der Waals surface area contributed by atoms with Crippen LogP contribution in [-0.2, 0) is 11.2 Å². The summed E-state index contributed by atoms with van der Waals surface area (Å²) in [7, 11) is 0. The third-order valence-electron chi connectivity index (χ3n) is 5.28. The number of hydrogen-bond acceptors (Lipinski definition) is 3. The first-order valence-corrected chi connectivity index (χ1v) is 9.59. The highest BCUT2D eigenvalue weighted by molar-refractivity contribution is 8.01. The molecule has 3 aliphatic rings. The van der Waals surface area contributed by atoms with Gasteiger partial charge in [0.1, 0.15) is 0 Å². The van der Waals surface area contributed by atoms with Gasteiger partial charge in [-0.1, -0.05) is 17.7 Å². The van der Waals surface area contributed by atoms with Crippen LogP contribution in [0, 0.1) is 6.92 Å². The van der Waals surface area contributed by atoms with Crippen LogP contribution in [0.5, 0.6) is 0 Å². The van der Waals surface area contributed by atoms with Gasteiger partial charge in [-0.25, -0.2) is 4.79 Å². The number of likely N-dealkylation sites (tertiary alicyclic amines) is 1. The van der Waals surface area contributed by atoms with E-state index >= 15 is 0 Å². The summed E-state index contributed by atoms with van der Waals surface area (Å²) in [6, 6.07) is 6.80. The minimum absolute atomic E-state index is 0.0217. The normalized spacial score (nSPS) is 24.2. The Hall–Kier alpha value is -1.69. The number of carbonyl (C=O) groups excluding carboxylic acids is 2. The Balaban J connectivity index is 1.35. The molecule has 5 nitrogen and oxygen atoms in total. The van der Waals surface area contributed by atoms with Gasteiger partial charge in [0.05, 0.1) is 5.25 Å². The van der Waals surface area contributed by atoms with Gasteiger partial charge < -0.3 is 15.1 Å². The number of rotatable bonds is 2. The fourth-order valence-electron chi connectivity index (χ4n) is 3.91. The number of benzene rings is 1. The van der Waals surface area contributed by atoms with Crippen molar-refractivity contribution in [2.75, 3.05) is 26.2 Å². The van der Waals surface area contributed by atoms with Crippen molar-refractivity contribution in [2.45, 2.75) is 42.4 Å². The van der Waals surface area contributed by atoms with Crippen molar-refractivity contribution in [1.82, 2.24) is 15.1 Å². The van der Waals surface area contributed by atoms with Crippen molar-refractivity contribution in [3.63, 3.8) is 0 Å². The van der Waals surface area contributed by atoms with Crippen LogP contribution in [-0.4, -0.2) is 59.2 Å². The van der Waals surface area contributed by atoms with Gasteiger partial charge in [-0.3, -0.25) is 4.79 Å². The number of aryl methyl sites for hydroxylation is 1. The lowest BCUT2D eigenvalue weighted by atomic mass is 10.0. The molecule has 1 aromatic rings. The van der Waals surface area contributed by atoms with Crippen molar-refractivity contribution in [3.05, 3.63) is 29.3 Å². The van der Waals surface area contributed by atoms with Gasteiger partial charge >= 0.3 is 6.03 Å². The molecule has 0 radical (unpaired) electrons. The predicted molar refractivity (Wildman–Crippen MR) is 94.2 cm³/mol. The number of fused-ring (bicyclic) bond motifs is 1. The molecular weight excluding hydrogens is 322 g/mol. The molecule has 4 rings (SSSR count). The molecule has 2 saturated heterocycles. The highest BCUT2D eigenvalue weighted by Gasteiger charge is 2.36. The lowest BCUT2D eigenvalue weighted by Gasteiger charge is -2.37. The zero-order valence-corrected chi connectivity index (χ0v) is 14.8. The van der Waals surface area contributed by atoms with E-state index in [1.165, 1.54) is 16.0 Å². The molecule has 0 aromatic heterocycles. The Labute approximate surface area is 146 Å². The monoisotopic (exact) mass is 345 g/mol. The van der Waals surface area contributed by atoms with Crippen LogP contribution in [0.3, 0.4) is 0 Å². The molecule has 3 amide bonds. The molecular formula is C18H23N3O2S. The summed E-state index contributed by atoms with van der Waals surface area (Å²) in [4.78, 5) is 29.8. The van der Waals surface area contributed by atoms with Crippen LogP contribution < -0.4 is 5.32 Å². The Kier molecular flexibility index (Phi) is 4.16. The molecule has 0 unspecified atom stereocenters.